The predicted molar refractivity (Wildman–Crippen MR) is 50.8 cm³/mol. The molecule has 0 aliphatic rings. The van der Waals surface area contributed by atoms with E-state index in [2.05, 4.69) is 0 Å². The van der Waals surface area contributed by atoms with Crippen LogP contribution >= 0.6 is 11.6 Å². The molecular weight excluding hydrogens is 186 g/mol. The smallest absolute Gasteiger partial charge is 0.164 e. The van der Waals surface area contributed by atoms with Gasteiger partial charge in [-0.05, 0) is 12.1 Å². The maximum absolute atomic E-state index is 11.3. The third-order valence-corrected chi connectivity index (χ3v) is 1.85. The van der Waals surface area contributed by atoms with Crippen LogP contribution in [0.1, 0.15) is 22.3 Å². The van der Waals surface area contributed by atoms with Gasteiger partial charge in [-0.1, -0.05) is 12.1 Å². The summed E-state index contributed by atoms with van der Waals surface area (Å²) in [5, 5.41) is 8.51. The number of Topliss-reactive ketones (excluding diaryl/α,β-unsaturated/α-hetero) is 1. The standard InChI is InChI=1S/C10H8ClNO/c11-6-5-10(13)9-3-1-8(7-12)2-4-9/h1-4H,5-6H2. The molecule has 0 saturated heterocycles. The summed E-state index contributed by atoms with van der Waals surface area (Å²) in [7, 11) is 0. The number of benzene rings is 1. The van der Waals surface area contributed by atoms with Gasteiger partial charge in [-0.15, -0.1) is 11.6 Å². The maximum Gasteiger partial charge on any atom is 0.164 e. The van der Waals surface area contributed by atoms with Crippen molar-refractivity contribution in [2.24, 2.45) is 0 Å². The van der Waals surface area contributed by atoms with E-state index in [0.29, 0.717) is 23.4 Å². The van der Waals surface area contributed by atoms with Gasteiger partial charge in [0.2, 0.25) is 0 Å². The van der Waals surface area contributed by atoms with Crippen LogP contribution in [0, 0.1) is 11.3 Å². The average molecular weight is 194 g/mol. The normalized spacial score (nSPS) is 9.23. The molecular formula is C10H8ClNO. The maximum atomic E-state index is 11.3. The zero-order valence-electron chi connectivity index (χ0n) is 6.96. The molecule has 0 aliphatic carbocycles. The number of nitriles is 1. The van der Waals surface area contributed by atoms with Crippen molar-refractivity contribution in [1.29, 1.82) is 5.26 Å². The number of carbonyl (C=O) groups excluding carboxylic acids is 1. The molecule has 0 atom stereocenters. The Labute approximate surface area is 81.7 Å². The van der Waals surface area contributed by atoms with Crippen LogP contribution in [0.4, 0.5) is 0 Å². The van der Waals surface area contributed by atoms with Gasteiger partial charge in [0, 0.05) is 17.9 Å². The summed E-state index contributed by atoms with van der Waals surface area (Å²) in [4.78, 5) is 11.3. The lowest BCUT2D eigenvalue weighted by Gasteiger charge is -1.97. The molecule has 0 N–H and O–H groups in total. The summed E-state index contributed by atoms with van der Waals surface area (Å²) in [6.45, 7) is 0. The van der Waals surface area contributed by atoms with Crippen molar-refractivity contribution in [3.05, 3.63) is 35.4 Å². The molecule has 66 valence electrons. The first-order chi connectivity index (χ1) is 6.27. The Morgan fingerprint density at radius 1 is 1.38 bits per heavy atom. The van der Waals surface area contributed by atoms with E-state index in [1.165, 1.54) is 0 Å². The number of hydrogen-bond donors (Lipinski definition) is 0. The Morgan fingerprint density at radius 2 is 2.00 bits per heavy atom. The van der Waals surface area contributed by atoms with Crippen molar-refractivity contribution in [2.45, 2.75) is 6.42 Å². The van der Waals surface area contributed by atoms with E-state index < -0.39 is 0 Å². The van der Waals surface area contributed by atoms with Crippen LogP contribution in [-0.4, -0.2) is 11.7 Å². The van der Waals surface area contributed by atoms with Crippen molar-refractivity contribution in [1.82, 2.24) is 0 Å². The molecule has 0 radical (unpaired) electrons. The Morgan fingerprint density at radius 3 is 2.46 bits per heavy atom. The predicted octanol–water partition coefficient (Wildman–Crippen LogP) is 2.37. The van der Waals surface area contributed by atoms with Crippen LogP contribution in [0.15, 0.2) is 24.3 Å². The van der Waals surface area contributed by atoms with Crippen LogP contribution in [0.25, 0.3) is 0 Å². The largest absolute Gasteiger partial charge is 0.294 e. The van der Waals surface area contributed by atoms with Gasteiger partial charge in [0.15, 0.2) is 5.78 Å². The monoisotopic (exact) mass is 193 g/mol. The molecule has 1 aromatic carbocycles. The summed E-state index contributed by atoms with van der Waals surface area (Å²) < 4.78 is 0. The highest BCUT2D eigenvalue weighted by molar-refractivity contribution is 6.19. The molecule has 0 aromatic heterocycles. The van der Waals surface area contributed by atoms with Gasteiger partial charge in [-0.2, -0.15) is 5.26 Å². The van der Waals surface area contributed by atoms with Crippen molar-refractivity contribution >= 4 is 17.4 Å². The minimum absolute atomic E-state index is 0.0134. The number of ketones is 1. The number of nitrogens with zero attached hydrogens (tertiary/aromatic N) is 1. The molecule has 13 heavy (non-hydrogen) atoms. The van der Waals surface area contributed by atoms with Crippen molar-refractivity contribution in [2.75, 3.05) is 5.88 Å². The summed E-state index contributed by atoms with van der Waals surface area (Å²) >= 11 is 5.43. The molecule has 0 unspecified atom stereocenters. The second kappa shape index (κ2) is 4.64. The second-order valence-corrected chi connectivity index (χ2v) is 2.93. The molecule has 0 bridgehead atoms. The first-order valence-corrected chi connectivity index (χ1v) is 4.40. The van der Waals surface area contributed by atoms with Crippen molar-refractivity contribution in [3.8, 4) is 6.07 Å². The highest BCUT2D eigenvalue weighted by Crippen LogP contribution is 2.06. The Balaban J connectivity index is 2.81. The molecule has 0 amide bonds. The highest BCUT2D eigenvalue weighted by Gasteiger charge is 2.03. The molecule has 0 spiro atoms. The van der Waals surface area contributed by atoms with E-state index in [4.69, 9.17) is 16.9 Å². The first kappa shape index (κ1) is 9.76. The lowest BCUT2D eigenvalue weighted by molar-refractivity contribution is 0.0989. The number of carbonyl (C=O) groups is 1. The van der Waals surface area contributed by atoms with E-state index in [1.807, 2.05) is 6.07 Å². The summed E-state index contributed by atoms with van der Waals surface area (Å²) in [6, 6.07) is 8.53. The number of alkyl halides is 1. The highest BCUT2D eigenvalue weighted by atomic mass is 35.5. The minimum Gasteiger partial charge on any atom is -0.294 e. The van der Waals surface area contributed by atoms with Crippen LogP contribution in [0.5, 0.6) is 0 Å². The zero-order chi connectivity index (χ0) is 9.68. The third-order valence-electron chi connectivity index (χ3n) is 1.66. The van der Waals surface area contributed by atoms with Gasteiger partial charge in [0.1, 0.15) is 0 Å². The van der Waals surface area contributed by atoms with Gasteiger partial charge in [-0.3, -0.25) is 4.79 Å². The van der Waals surface area contributed by atoms with E-state index >= 15 is 0 Å². The van der Waals surface area contributed by atoms with Crippen LogP contribution < -0.4 is 0 Å². The third kappa shape index (κ3) is 2.57. The second-order valence-electron chi connectivity index (χ2n) is 2.55. The molecule has 0 aliphatic heterocycles. The molecule has 2 nitrogen and oxygen atoms in total. The molecule has 1 aromatic rings. The molecule has 0 saturated carbocycles. The van der Waals surface area contributed by atoms with Crippen LogP contribution in [0.3, 0.4) is 0 Å². The van der Waals surface area contributed by atoms with Crippen LogP contribution in [0.2, 0.25) is 0 Å². The minimum atomic E-state index is 0.0134. The topological polar surface area (TPSA) is 40.9 Å². The first-order valence-electron chi connectivity index (χ1n) is 3.87. The van der Waals surface area contributed by atoms with Gasteiger partial charge in [-0.25, -0.2) is 0 Å². The SMILES string of the molecule is N#Cc1ccc(C(=O)CCCl)cc1. The Bertz CT molecular complexity index is 337. The average Bonchev–Trinajstić information content (AvgIpc) is 2.18. The fourth-order valence-corrected chi connectivity index (χ4v) is 1.13. The van der Waals surface area contributed by atoms with E-state index in [-0.39, 0.29) is 5.78 Å². The van der Waals surface area contributed by atoms with E-state index in [9.17, 15) is 4.79 Å². The zero-order valence-corrected chi connectivity index (χ0v) is 7.71. The number of halogens is 1. The van der Waals surface area contributed by atoms with Gasteiger partial charge < -0.3 is 0 Å². The fraction of sp³-hybridized carbons (Fsp3) is 0.200. The number of hydrogen-bond acceptors (Lipinski definition) is 2. The van der Waals surface area contributed by atoms with Gasteiger partial charge in [0.05, 0.1) is 11.6 Å². The van der Waals surface area contributed by atoms with Crippen LogP contribution in [-0.2, 0) is 0 Å². The Kier molecular flexibility index (Phi) is 3.48. The quantitative estimate of drug-likeness (QED) is 0.546. The molecule has 3 heteroatoms. The summed E-state index contributed by atoms with van der Waals surface area (Å²) in [5.41, 5.74) is 1.17. The van der Waals surface area contributed by atoms with E-state index in [1.54, 1.807) is 24.3 Å². The molecule has 1 rings (SSSR count). The summed E-state index contributed by atoms with van der Waals surface area (Å²) in [5.74, 6) is 0.346. The fourth-order valence-electron chi connectivity index (χ4n) is 0.961. The molecule has 0 fully saturated rings. The lowest BCUT2D eigenvalue weighted by Crippen LogP contribution is -1.99. The van der Waals surface area contributed by atoms with E-state index in [0.717, 1.165) is 0 Å². The Hall–Kier alpha value is -1.33. The van der Waals surface area contributed by atoms with Gasteiger partial charge >= 0.3 is 0 Å². The van der Waals surface area contributed by atoms with Crippen molar-refractivity contribution in [3.63, 3.8) is 0 Å². The van der Waals surface area contributed by atoms with Crippen molar-refractivity contribution < 1.29 is 4.79 Å². The molecule has 0 heterocycles. The lowest BCUT2D eigenvalue weighted by atomic mass is 10.1. The van der Waals surface area contributed by atoms with Gasteiger partial charge in [0.25, 0.3) is 0 Å². The number of rotatable bonds is 3. The summed E-state index contributed by atoms with van der Waals surface area (Å²) in [6.07, 6.45) is 0.341.